The molecule has 1 aromatic rings. The molecule has 1 fully saturated rings. The average Bonchev–Trinajstić information content (AvgIpc) is 2.77. The summed E-state index contributed by atoms with van der Waals surface area (Å²) in [6, 6.07) is 1.13. The fourth-order valence-electron chi connectivity index (χ4n) is 2.77. The largest absolute Gasteiger partial charge is 0.460 e. The lowest BCUT2D eigenvalue weighted by molar-refractivity contribution is -0.176. The number of nitrogens with one attached hydrogen (secondary N) is 1. The SMILES string of the molecule is CC(=O)Nc1ccn(C2OC(C(C)OC(C)=O)C(OC(C)=O)C2(F)F)c(=O)n1. The lowest BCUT2D eigenvalue weighted by Crippen LogP contribution is -2.46. The summed E-state index contributed by atoms with van der Waals surface area (Å²) in [5, 5.41) is 2.25. The highest BCUT2D eigenvalue weighted by Crippen LogP contribution is 2.45. The second-order valence-corrected chi connectivity index (χ2v) is 6.16. The minimum absolute atomic E-state index is 0.128. The van der Waals surface area contributed by atoms with Gasteiger partial charge in [0.1, 0.15) is 18.0 Å². The zero-order valence-corrected chi connectivity index (χ0v) is 15.5. The lowest BCUT2D eigenvalue weighted by atomic mass is 10.1. The van der Waals surface area contributed by atoms with Crippen LogP contribution < -0.4 is 11.0 Å². The molecule has 0 saturated carbocycles. The van der Waals surface area contributed by atoms with Crippen LogP contribution in [0, 0.1) is 0 Å². The van der Waals surface area contributed by atoms with Crippen molar-refractivity contribution in [2.75, 3.05) is 5.32 Å². The molecule has 1 aliphatic rings. The second kappa shape index (κ2) is 8.00. The van der Waals surface area contributed by atoms with Gasteiger partial charge in [0.25, 0.3) is 0 Å². The topological polar surface area (TPSA) is 126 Å². The van der Waals surface area contributed by atoms with Gasteiger partial charge in [0.05, 0.1) is 0 Å². The molecule has 4 atom stereocenters. The molecule has 2 rings (SSSR count). The van der Waals surface area contributed by atoms with Crippen LogP contribution in [0.1, 0.15) is 33.9 Å². The maximum absolute atomic E-state index is 15.0. The predicted octanol–water partition coefficient (Wildman–Crippen LogP) is 0.618. The number of ether oxygens (including phenoxy) is 3. The fraction of sp³-hybridized carbons (Fsp3) is 0.562. The molecular weight excluding hydrogens is 384 g/mol. The Balaban J connectivity index is 2.41. The first-order valence-electron chi connectivity index (χ1n) is 8.18. The maximum Gasteiger partial charge on any atom is 0.351 e. The van der Waals surface area contributed by atoms with E-state index in [1.54, 1.807) is 0 Å². The van der Waals surface area contributed by atoms with Crippen molar-refractivity contribution >= 4 is 23.7 Å². The summed E-state index contributed by atoms with van der Waals surface area (Å²) < 4.78 is 45.3. The van der Waals surface area contributed by atoms with Crippen molar-refractivity contribution in [1.29, 1.82) is 0 Å². The maximum atomic E-state index is 15.0. The van der Waals surface area contributed by atoms with Crippen LogP contribution in [-0.4, -0.2) is 51.6 Å². The highest BCUT2D eigenvalue weighted by Gasteiger charge is 2.64. The van der Waals surface area contributed by atoms with Crippen molar-refractivity contribution in [3.63, 3.8) is 0 Å². The fourth-order valence-corrected chi connectivity index (χ4v) is 2.77. The van der Waals surface area contributed by atoms with Gasteiger partial charge in [0, 0.05) is 27.0 Å². The summed E-state index contributed by atoms with van der Waals surface area (Å²) in [5.74, 6) is -6.22. The molecule has 0 aromatic carbocycles. The molecule has 154 valence electrons. The van der Waals surface area contributed by atoms with E-state index < -0.39 is 54.0 Å². The number of halogens is 2. The first-order chi connectivity index (χ1) is 12.9. The lowest BCUT2D eigenvalue weighted by Gasteiger charge is -2.25. The first kappa shape index (κ1) is 21.4. The number of hydrogen-bond donors (Lipinski definition) is 1. The second-order valence-electron chi connectivity index (χ2n) is 6.16. The van der Waals surface area contributed by atoms with Gasteiger partial charge in [0.15, 0.2) is 6.10 Å². The third-order valence-corrected chi connectivity index (χ3v) is 3.79. The molecule has 0 bridgehead atoms. The summed E-state index contributed by atoms with van der Waals surface area (Å²) in [4.78, 5) is 49.2. The summed E-state index contributed by atoms with van der Waals surface area (Å²) in [6.07, 6.45) is -6.05. The zero-order chi connectivity index (χ0) is 21.2. The molecule has 2 heterocycles. The minimum Gasteiger partial charge on any atom is -0.460 e. The van der Waals surface area contributed by atoms with Crippen molar-refractivity contribution in [2.24, 2.45) is 0 Å². The van der Waals surface area contributed by atoms with Crippen LogP contribution in [0.4, 0.5) is 14.6 Å². The Bertz CT molecular complexity index is 842. The van der Waals surface area contributed by atoms with Crippen LogP contribution in [0.15, 0.2) is 17.1 Å². The smallest absolute Gasteiger partial charge is 0.351 e. The number of aromatic nitrogens is 2. The van der Waals surface area contributed by atoms with E-state index in [9.17, 15) is 28.0 Å². The van der Waals surface area contributed by atoms with Gasteiger partial charge in [-0.15, -0.1) is 0 Å². The average molecular weight is 403 g/mol. The van der Waals surface area contributed by atoms with E-state index in [1.165, 1.54) is 13.8 Å². The number of rotatable bonds is 5. The number of anilines is 1. The molecule has 0 aliphatic carbocycles. The summed E-state index contributed by atoms with van der Waals surface area (Å²) in [5.41, 5.74) is -1.13. The molecule has 1 amide bonds. The number of alkyl halides is 2. The number of nitrogens with zero attached hydrogens (tertiary/aromatic N) is 2. The first-order valence-corrected chi connectivity index (χ1v) is 8.18. The molecule has 10 nitrogen and oxygen atoms in total. The van der Waals surface area contributed by atoms with Crippen LogP contribution in [0.3, 0.4) is 0 Å². The van der Waals surface area contributed by atoms with Crippen LogP contribution in [0.5, 0.6) is 0 Å². The molecule has 0 radical (unpaired) electrons. The third-order valence-electron chi connectivity index (χ3n) is 3.79. The normalized spacial score (nSPS) is 24.3. The van der Waals surface area contributed by atoms with Crippen LogP contribution in [-0.2, 0) is 28.6 Å². The third kappa shape index (κ3) is 4.50. The highest BCUT2D eigenvalue weighted by molar-refractivity contribution is 5.87. The monoisotopic (exact) mass is 403 g/mol. The molecule has 4 unspecified atom stereocenters. The van der Waals surface area contributed by atoms with Gasteiger partial charge in [-0.3, -0.25) is 19.0 Å². The van der Waals surface area contributed by atoms with Crippen molar-refractivity contribution in [3.05, 3.63) is 22.7 Å². The van der Waals surface area contributed by atoms with Gasteiger partial charge in [-0.25, -0.2) is 4.79 Å². The number of carbonyl (C=O) groups is 3. The quantitative estimate of drug-likeness (QED) is 0.709. The Labute approximate surface area is 157 Å². The molecule has 1 aliphatic heterocycles. The Morgan fingerprint density at radius 1 is 1.29 bits per heavy atom. The van der Waals surface area contributed by atoms with E-state index in [0.29, 0.717) is 4.57 Å². The van der Waals surface area contributed by atoms with Gasteiger partial charge in [-0.05, 0) is 13.0 Å². The standard InChI is InChI=1S/C16H19F2N3O7/c1-7(26-9(3)23)12-13(27-10(4)24)16(17,18)14(28-12)21-6-5-11(19-8(2)22)20-15(21)25/h5-7,12-14H,1-4H3,(H,19,20,22,25). The van der Waals surface area contributed by atoms with Gasteiger partial charge in [0.2, 0.25) is 12.1 Å². The zero-order valence-electron chi connectivity index (χ0n) is 15.5. The molecule has 0 spiro atoms. The van der Waals surface area contributed by atoms with Gasteiger partial charge < -0.3 is 19.5 Å². The van der Waals surface area contributed by atoms with Crippen LogP contribution in [0.2, 0.25) is 0 Å². The van der Waals surface area contributed by atoms with Crippen molar-refractivity contribution in [1.82, 2.24) is 9.55 Å². The van der Waals surface area contributed by atoms with Crippen LogP contribution >= 0.6 is 0 Å². The summed E-state index contributed by atoms with van der Waals surface area (Å²) in [6.45, 7) is 4.50. The van der Waals surface area contributed by atoms with Crippen molar-refractivity contribution < 1.29 is 37.4 Å². The van der Waals surface area contributed by atoms with Gasteiger partial charge >= 0.3 is 23.6 Å². The highest BCUT2D eigenvalue weighted by atomic mass is 19.3. The van der Waals surface area contributed by atoms with Crippen molar-refractivity contribution in [3.8, 4) is 0 Å². The Morgan fingerprint density at radius 3 is 2.43 bits per heavy atom. The molecule has 28 heavy (non-hydrogen) atoms. The molecular formula is C16H19F2N3O7. The summed E-state index contributed by atoms with van der Waals surface area (Å²) >= 11 is 0. The number of hydrogen-bond acceptors (Lipinski definition) is 8. The molecule has 1 aromatic heterocycles. The summed E-state index contributed by atoms with van der Waals surface area (Å²) in [7, 11) is 0. The van der Waals surface area contributed by atoms with E-state index in [0.717, 1.165) is 26.1 Å². The Hall–Kier alpha value is -2.89. The number of amides is 1. The van der Waals surface area contributed by atoms with E-state index >= 15 is 0 Å². The van der Waals surface area contributed by atoms with E-state index in [1.807, 2.05) is 0 Å². The van der Waals surface area contributed by atoms with E-state index in [-0.39, 0.29) is 5.82 Å². The minimum atomic E-state index is -3.84. The van der Waals surface area contributed by atoms with Gasteiger partial charge in [-0.2, -0.15) is 13.8 Å². The molecule has 12 heteroatoms. The number of esters is 2. The van der Waals surface area contributed by atoms with Crippen LogP contribution in [0.25, 0.3) is 0 Å². The van der Waals surface area contributed by atoms with Gasteiger partial charge in [-0.1, -0.05) is 0 Å². The Morgan fingerprint density at radius 2 is 1.93 bits per heavy atom. The van der Waals surface area contributed by atoms with Crippen molar-refractivity contribution in [2.45, 2.75) is 58.2 Å². The van der Waals surface area contributed by atoms with E-state index in [2.05, 4.69) is 10.3 Å². The number of carbonyl (C=O) groups excluding carboxylic acids is 3. The molecule has 1 N–H and O–H groups in total. The Kier molecular flexibility index (Phi) is 6.12. The predicted molar refractivity (Wildman–Crippen MR) is 88.4 cm³/mol. The molecule has 1 saturated heterocycles. The van der Waals surface area contributed by atoms with E-state index in [4.69, 9.17) is 14.2 Å².